The van der Waals surface area contributed by atoms with Gasteiger partial charge in [0.1, 0.15) is 0 Å². The number of hydrogen-bond acceptors (Lipinski definition) is 22. The van der Waals surface area contributed by atoms with Crippen LogP contribution in [-0.4, -0.2) is 282 Å². The zero-order valence-electron chi connectivity index (χ0n) is 43.2. The fraction of sp³-hybridized carbons (Fsp3) is 0.979. The minimum atomic E-state index is -0.759. The van der Waals surface area contributed by atoms with Gasteiger partial charge in [-0.15, -0.1) is 0 Å². The Bertz CT molecular complexity index is 1150. The van der Waals surface area contributed by atoms with E-state index in [0.29, 0.717) is 277 Å². The predicted molar refractivity (Wildman–Crippen MR) is 259 cm³/mol. The maximum Gasteiger partial charge on any atom is 0.311 e. The summed E-state index contributed by atoms with van der Waals surface area (Å²) in [6.07, 6.45) is 3.26. The second-order valence-electron chi connectivity index (χ2n) is 15.4. The number of hydrogen-bond donors (Lipinski definition) is 1. The fourth-order valence-electron chi connectivity index (χ4n) is 6.07. The molecule has 1 aliphatic carbocycles. The van der Waals surface area contributed by atoms with Crippen molar-refractivity contribution in [1.82, 2.24) is 0 Å². The Balaban J connectivity index is 1.60. The third-order valence-corrected chi connectivity index (χ3v) is 9.86. The number of ether oxygens (including phenoxy) is 20. The van der Waals surface area contributed by atoms with E-state index in [-0.39, 0.29) is 6.61 Å². The van der Waals surface area contributed by atoms with Crippen molar-refractivity contribution in [3.8, 4) is 0 Å². The van der Waals surface area contributed by atoms with E-state index in [0.717, 1.165) is 12.8 Å². The van der Waals surface area contributed by atoms with E-state index in [1.807, 2.05) is 0 Å². The minimum absolute atomic E-state index is 0.247. The molecule has 426 valence electrons. The van der Waals surface area contributed by atoms with Crippen LogP contribution in [0.3, 0.4) is 0 Å². The van der Waals surface area contributed by atoms with Crippen molar-refractivity contribution >= 4 is 5.97 Å². The summed E-state index contributed by atoms with van der Waals surface area (Å²) in [7, 11) is 0. The average molecular weight is 1050 g/mol. The highest BCUT2D eigenvalue weighted by molar-refractivity contribution is 5.75. The van der Waals surface area contributed by atoms with Crippen LogP contribution in [0.1, 0.15) is 25.7 Å². The zero-order chi connectivity index (χ0) is 51.5. The van der Waals surface area contributed by atoms with E-state index in [1.165, 1.54) is 0 Å². The van der Waals surface area contributed by atoms with Gasteiger partial charge in [0.15, 0.2) is 0 Å². The van der Waals surface area contributed by atoms with Gasteiger partial charge in [0, 0.05) is 11.5 Å². The topological polar surface area (TPSA) is 271 Å². The molecule has 25 heteroatoms. The zero-order valence-corrected chi connectivity index (χ0v) is 43.2. The van der Waals surface area contributed by atoms with Gasteiger partial charge < -0.3 is 99.8 Å². The van der Waals surface area contributed by atoms with Crippen molar-refractivity contribution in [2.45, 2.75) is 25.7 Å². The quantitative estimate of drug-likeness (QED) is 0.0396. The van der Waals surface area contributed by atoms with Crippen LogP contribution < -0.4 is 0 Å². The molecule has 1 fully saturated rings. The van der Waals surface area contributed by atoms with Crippen molar-refractivity contribution in [3.63, 3.8) is 0 Å². The van der Waals surface area contributed by atoms with Gasteiger partial charge in [0.2, 0.25) is 0 Å². The van der Waals surface area contributed by atoms with Gasteiger partial charge in [-0.1, -0.05) is 18.0 Å². The lowest BCUT2D eigenvalue weighted by Crippen LogP contribution is -2.33. The first-order valence-electron chi connectivity index (χ1n) is 25.5. The molecule has 1 aliphatic rings. The molecule has 0 aromatic heterocycles. The van der Waals surface area contributed by atoms with Crippen LogP contribution in [0.4, 0.5) is 0 Å². The van der Waals surface area contributed by atoms with Crippen LogP contribution in [0.25, 0.3) is 10.4 Å². The third-order valence-electron chi connectivity index (χ3n) is 9.86. The molecule has 1 rings (SSSR count). The Kier molecular flexibility index (Phi) is 55.0. The summed E-state index contributed by atoms with van der Waals surface area (Å²) in [5, 5.41) is 12.8. The summed E-state index contributed by atoms with van der Waals surface area (Å²) in [6.45, 7) is 18.9. The molecule has 25 nitrogen and oxygen atoms in total. The molecule has 0 amide bonds. The molecule has 0 aliphatic heterocycles. The molecule has 0 saturated heterocycles. The maximum absolute atomic E-state index is 11.5. The number of rotatable bonds is 63. The van der Waals surface area contributed by atoms with Crippen molar-refractivity contribution in [2.75, 3.05) is 271 Å². The monoisotopic (exact) mass is 1050 g/mol. The van der Waals surface area contributed by atoms with Gasteiger partial charge in [-0.3, -0.25) is 4.79 Å². The van der Waals surface area contributed by atoms with Crippen LogP contribution in [0.2, 0.25) is 0 Å². The molecule has 0 aromatic rings. The number of azide groups is 1. The second-order valence-corrected chi connectivity index (χ2v) is 15.4. The molecular formula is C47H91N3O22. The molecule has 0 spiro atoms. The normalized spacial score (nSPS) is 13.3. The molecule has 72 heavy (non-hydrogen) atoms. The molecular weight excluding hydrogens is 959 g/mol. The summed E-state index contributed by atoms with van der Waals surface area (Å²) >= 11 is 0. The van der Waals surface area contributed by atoms with Gasteiger partial charge in [-0.25, -0.2) is 0 Å². The van der Waals surface area contributed by atoms with Crippen LogP contribution in [-0.2, 0) is 99.5 Å². The van der Waals surface area contributed by atoms with E-state index in [2.05, 4.69) is 10.0 Å². The summed E-state index contributed by atoms with van der Waals surface area (Å²) < 4.78 is 110. The highest BCUT2D eigenvalue weighted by Crippen LogP contribution is 2.38. The summed E-state index contributed by atoms with van der Waals surface area (Å²) in [5.41, 5.74) is 7.45. The molecule has 0 radical (unpaired) electrons. The summed E-state index contributed by atoms with van der Waals surface area (Å²) in [6, 6.07) is 0. The summed E-state index contributed by atoms with van der Waals surface area (Å²) in [4.78, 5) is 14.2. The number of nitrogens with zero attached hydrogens (tertiary/aromatic N) is 3. The van der Waals surface area contributed by atoms with Gasteiger partial charge in [0.05, 0.1) is 270 Å². The standard InChI is InChI=1S/C47H91N3O22/c48-50-49-5-6-53-7-8-54-9-10-55-11-12-56-13-14-57-15-16-58-17-18-59-19-20-60-21-22-61-23-24-62-25-26-63-27-28-64-29-30-65-31-32-66-33-34-67-35-36-68-37-38-69-39-40-70-41-42-71-43-44-72-45-47(46(51)52)3-1-2-4-47/h1-45H2,(H,51,52). The molecule has 0 heterocycles. The smallest absolute Gasteiger partial charge is 0.311 e. The molecule has 1 saturated carbocycles. The van der Waals surface area contributed by atoms with Crippen molar-refractivity contribution in [1.29, 1.82) is 0 Å². The molecule has 0 atom stereocenters. The Morgan fingerprint density at radius 3 is 0.653 bits per heavy atom. The van der Waals surface area contributed by atoms with Crippen molar-refractivity contribution in [2.24, 2.45) is 10.5 Å². The lowest BCUT2D eigenvalue weighted by Gasteiger charge is -2.23. The molecule has 1 N–H and O–H groups in total. The van der Waals surface area contributed by atoms with E-state index in [1.54, 1.807) is 0 Å². The Hall–Kier alpha value is -2.02. The Morgan fingerprint density at radius 2 is 0.486 bits per heavy atom. The summed E-state index contributed by atoms with van der Waals surface area (Å²) in [5.74, 6) is -0.759. The average Bonchev–Trinajstić information content (AvgIpc) is 3.88. The maximum atomic E-state index is 11.5. The van der Waals surface area contributed by atoms with Crippen LogP contribution >= 0.6 is 0 Å². The Labute approximate surface area is 427 Å². The van der Waals surface area contributed by atoms with E-state index >= 15 is 0 Å². The van der Waals surface area contributed by atoms with Gasteiger partial charge in [-0.2, -0.15) is 0 Å². The number of carboxylic acids is 1. The van der Waals surface area contributed by atoms with Crippen LogP contribution in [0, 0.1) is 5.41 Å². The predicted octanol–water partition coefficient (Wildman–Crippen LogP) is 2.27. The fourth-order valence-corrected chi connectivity index (χ4v) is 6.07. The second kappa shape index (κ2) is 58.2. The van der Waals surface area contributed by atoms with Gasteiger partial charge >= 0.3 is 5.97 Å². The third kappa shape index (κ3) is 50.2. The number of carbonyl (C=O) groups is 1. The highest BCUT2D eigenvalue weighted by Gasteiger charge is 2.41. The van der Waals surface area contributed by atoms with Crippen molar-refractivity contribution < 1.29 is 105 Å². The molecule has 0 bridgehead atoms. The Morgan fingerprint density at radius 1 is 0.319 bits per heavy atom. The van der Waals surface area contributed by atoms with Gasteiger partial charge in [0.25, 0.3) is 0 Å². The number of carboxylic acid groups (broad SMARTS) is 1. The minimum Gasteiger partial charge on any atom is -0.481 e. The first kappa shape index (κ1) is 68.0. The van der Waals surface area contributed by atoms with E-state index in [4.69, 9.17) is 100 Å². The van der Waals surface area contributed by atoms with Crippen LogP contribution in [0.5, 0.6) is 0 Å². The number of aliphatic carboxylic acids is 1. The molecule has 0 aromatic carbocycles. The van der Waals surface area contributed by atoms with E-state index in [9.17, 15) is 9.90 Å². The first-order chi connectivity index (χ1) is 35.7. The highest BCUT2D eigenvalue weighted by atomic mass is 16.6. The van der Waals surface area contributed by atoms with E-state index < -0.39 is 11.4 Å². The van der Waals surface area contributed by atoms with Crippen LogP contribution in [0.15, 0.2) is 5.11 Å². The lowest BCUT2D eigenvalue weighted by molar-refractivity contribution is -0.153. The largest absolute Gasteiger partial charge is 0.481 e. The molecule has 0 unspecified atom stereocenters. The van der Waals surface area contributed by atoms with Crippen molar-refractivity contribution in [3.05, 3.63) is 10.4 Å². The SMILES string of the molecule is [N-]=[N+]=NCCOCCOCCOCCOCCOCCOCCOCCOCCOCCOCCOCCOCCOCCOCCOCCOCCOCCOCCOCCOCC1(C(=O)O)CCCC1. The first-order valence-corrected chi connectivity index (χ1v) is 25.5. The lowest BCUT2D eigenvalue weighted by atomic mass is 9.87. The van der Waals surface area contributed by atoms with Gasteiger partial charge in [-0.05, 0) is 18.4 Å².